The van der Waals surface area contributed by atoms with Gasteiger partial charge in [-0.3, -0.25) is 4.79 Å². The number of pyridine rings is 1. The maximum Gasteiger partial charge on any atom is 0.269 e. The summed E-state index contributed by atoms with van der Waals surface area (Å²) < 4.78 is 29.6. The zero-order valence-corrected chi connectivity index (χ0v) is 17.1. The van der Waals surface area contributed by atoms with Crippen LogP contribution in [0.15, 0.2) is 60.0 Å². The van der Waals surface area contributed by atoms with Crippen molar-refractivity contribution in [3.8, 4) is 0 Å². The number of carbonyl (C=O) groups is 1. The van der Waals surface area contributed by atoms with Gasteiger partial charge in [0.05, 0.1) is 29.0 Å². The lowest BCUT2D eigenvalue weighted by molar-refractivity contribution is -0.118. The van der Waals surface area contributed by atoms with Crippen LogP contribution in [0.25, 0.3) is 22.1 Å². The summed E-state index contributed by atoms with van der Waals surface area (Å²) in [5.41, 5.74) is 1.92. The van der Waals surface area contributed by atoms with E-state index in [1.807, 2.05) is 0 Å². The van der Waals surface area contributed by atoms with Gasteiger partial charge in [-0.1, -0.05) is 18.2 Å². The second-order valence-electron chi connectivity index (χ2n) is 7.56. The Morgan fingerprint density at radius 1 is 1.07 bits per heavy atom. The van der Waals surface area contributed by atoms with Gasteiger partial charge in [0, 0.05) is 24.7 Å². The number of imidazole rings is 1. The molecule has 0 aliphatic carbocycles. The Kier molecular flexibility index (Phi) is 4.54. The van der Waals surface area contributed by atoms with Crippen molar-refractivity contribution in [3.05, 3.63) is 55.1 Å². The van der Waals surface area contributed by atoms with E-state index < -0.39 is 10.0 Å². The van der Waals surface area contributed by atoms with Crippen LogP contribution in [-0.4, -0.2) is 51.3 Å². The van der Waals surface area contributed by atoms with E-state index in [1.165, 1.54) is 3.97 Å². The number of nitrogens with zero attached hydrogens (tertiary/aromatic N) is 5. The average molecular weight is 423 g/mol. The first kappa shape index (κ1) is 18.8. The third kappa shape index (κ3) is 2.97. The summed E-state index contributed by atoms with van der Waals surface area (Å²) in [5.74, 6) is 0. The number of rotatable bonds is 4. The Morgan fingerprint density at radius 3 is 2.70 bits per heavy atom. The number of fused-ring (bicyclic) bond motifs is 3. The number of carbonyl (C=O) groups excluding carboxylic acids is 1. The molecule has 154 valence electrons. The van der Waals surface area contributed by atoms with Crippen molar-refractivity contribution in [1.29, 1.82) is 0 Å². The smallest absolute Gasteiger partial charge is 0.269 e. The lowest BCUT2D eigenvalue weighted by Crippen LogP contribution is -2.28. The molecule has 9 heteroatoms. The molecule has 1 unspecified atom stereocenters. The van der Waals surface area contributed by atoms with Crippen LogP contribution in [-0.2, 0) is 14.8 Å². The minimum Gasteiger partial charge on any atom is -0.343 e. The summed E-state index contributed by atoms with van der Waals surface area (Å²) in [6.07, 6.45) is 8.76. The van der Waals surface area contributed by atoms with Gasteiger partial charge in [-0.15, -0.1) is 0 Å². The molecule has 30 heavy (non-hydrogen) atoms. The number of hydrogen-bond acceptors (Lipinski definition) is 5. The van der Waals surface area contributed by atoms with E-state index >= 15 is 0 Å². The van der Waals surface area contributed by atoms with Crippen LogP contribution in [0.2, 0.25) is 0 Å². The molecule has 1 aromatic carbocycles. The predicted molar refractivity (Wildman–Crippen MR) is 113 cm³/mol. The number of hydrogen-bond donors (Lipinski definition) is 0. The molecule has 3 aromatic heterocycles. The summed E-state index contributed by atoms with van der Waals surface area (Å²) >= 11 is 0. The van der Waals surface area contributed by atoms with Gasteiger partial charge in [0.25, 0.3) is 10.0 Å². The fraction of sp³-hybridized carbons (Fsp3) is 0.286. The Balaban J connectivity index is 1.67. The molecule has 0 bridgehead atoms. The van der Waals surface area contributed by atoms with Gasteiger partial charge in [-0.2, -0.15) is 0 Å². The van der Waals surface area contributed by atoms with Crippen LogP contribution >= 0.6 is 0 Å². The highest BCUT2D eigenvalue weighted by Crippen LogP contribution is 2.31. The second kappa shape index (κ2) is 7.24. The lowest BCUT2D eigenvalue weighted by Gasteiger charge is -2.22. The van der Waals surface area contributed by atoms with Crippen molar-refractivity contribution in [2.24, 2.45) is 0 Å². The first-order valence-electron chi connectivity index (χ1n) is 9.92. The average Bonchev–Trinajstić information content (AvgIpc) is 3.32. The molecule has 8 nitrogen and oxygen atoms in total. The zero-order valence-electron chi connectivity index (χ0n) is 16.3. The SMILES string of the molecule is O=CN1CCCCC(n2cnc3cnc4c(ccn4S(=O)(=O)c4ccccc4)c32)C1. The summed E-state index contributed by atoms with van der Waals surface area (Å²) in [4.78, 5) is 22.3. The second-order valence-corrected chi connectivity index (χ2v) is 9.38. The molecular formula is C21H21N5O3S. The number of amides is 1. The van der Waals surface area contributed by atoms with E-state index in [-0.39, 0.29) is 10.9 Å². The Hall–Kier alpha value is -3.20. The minimum absolute atomic E-state index is 0.0855. The van der Waals surface area contributed by atoms with E-state index in [1.54, 1.807) is 60.0 Å². The number of aromatic nitrogens is 4. The molecule has 1 atom stereocenters. The van der Waals surface area contributed by atoms with Gasteiger partial charge < -0.3 is 9.47 Å². The maximum atomic E-state index is 13.2. The van der Waals surface area contributed by atoms with Gasteiger partial charge >= 0.3 is 0 Å². The van der Waals surface area contributed by atoms with Crippen molar-refractivity contribution in [2.75, 3.05) is 13.1 Å². The molecule has 1 aliphatic heterocycles. The third-order valence-electron chi connectivity index (χ3n) is 5.73. The highest BCUT2D eigenvalue weighted by atomic mass is 32.2. The zero-order chi connectivity index (χ0) is 20.7. The topological polar surface area (TPSA) is 90.1 Å². The maximum absolute atomic E-state index is 13.2. The summed E-state index contributed by atoms with van der Waals surface area (Å²) in [5, 5.41) is 0.728. The van der Waals surface area contributed by atoms with Crippen molar-refractivity contribution < 1.29 is 13.2 Å². The van der Waals surface area contributed by atoms with Crippen molar-refractivity contribution in [2.45, 2.75) is 30.2 Å². The van der Waals surface area contributed by atoms with E-state index in [2.05, 4.69) is 14.5 Å². The highest BCUT2D eigenvalue weighted by Gasteiger charge is 2.24. The van der Waals surface area contributed by atoms with Crippen molar-refractivity contribution >= 4 is 38.5 Å². The molecule has 1 saturated heterocycles. The normalized spacial score (nSPS) is 18.0. The highest BCUT2D eigenvalue weighted by molar-refractivity contribution is 7.90. The minimum atomic E-state index is -3.76. The van der Waals surface area contributed by atoms with E-state index in [9.17, 15) is 13.2 Å². The quantitative estimate of drug-likeness (QED) is 0.471. The fourth-order valence-corrected chi connectivity index (χ4v) is 5.56. The fourth-order valence-electron chi connectivity index (χ4n) is 4.23. The van der Waals surface area contributed by atoms with E-state index in [0.29, 0.717) is 17.7 Å². The predicted octanol–water partition coefficient (Wildman–Crippen LogP) is 2.81. The van der Waals surface area contributed by atoms with Gasteiger partial charge in [-0.25, -0.2) is 22.4 Å². The molecular weight excluding hydrogens is 402 g/mol. The Labute approximate surface area is 173 Å². The van der Waals surface area contributed by atoms with Crippen LogP contribution in [0.4, 0.5) is 0 Å². The molecule has 4 aromatic rings. The molecule has 1 amide bonds. The van der Waals surface area contributed by atoms with E-state index in [4.69, 9.17) is 0 Å². The Morgan fingerprint density at radius 2 is 1.90 bits per heavy atom. The van der Waals surface area contributed by atoms with Crippen LogP contribution in [0.5, 0.6) is 0 Å². The molecule has 0 spiro atoms. The molecule has 0 saturated carbocycles. The molecule has 1 fully saturated rings. The lowest BCUT2D eigenvalue weighted by atomic mass is 10.1. The summed E-state index contributed by atoms with van der Waals surface area (Å²) in [6, 6.07) is 10.2. The van der Waals surface area contributed by atoms with Gasteiger partial charge in [-0.05, 0) is 37.5 Å². The first-order chi connectivity index (χ1) is 14.6. The van der Waals surface area contributed by atoms with Gasteiger partial charge in [0.1, 0.15) is 5.52 Å². The Bertz CT molecular complexity index is 1330. The van der Waals surface area contributed by atoms with Crippen molar-refractivity contribution in [1.82, 2.24) is 23.4 Å². The molecule has 5 rings (SSSR count). The molecule has 4 heterocycles. The monoisotopic (exact) mass is 423 g/mol. The summed E-state index contributed by atoms with van der Waals surface area (Å²) in [6.45, 7) is 1.37. The van der Waals surface area contributed by atoms with Crippen LogP contribution in [0.1, 0.15) is 25.3 Å². The van der Waals surface area contributed by atoms with Gasteiger partial charge in [0.2, 0.25) is 6.41 Å². The summed E-state index contributed by atoms with van der Waals surface area (Å²) in [7, 11) is -3.76. The molecule has 0 radical (unpaired) electrons. The number of benzene rings is 1. The van der Waals surface area contributed by atoms with Crippen molar-refractivity contribution in [3.63, 3.8) is 0 Å². The van der Waals surface area contributed by atoms with Crippen LogP contribution in [0.3, 0.4) is 0 Å². The first-order valence-corrected chi connectivity index (χ1v) is 11.4. The standard InChI is InChI=1S/C21H21N5O3S/c27-15-24-10-5-4-6-16(13-24)25-14-23-19-12-22-21-18(20(19)25)9-11-26(21)30(28,29)17-7-2-1-3-8-17/h1-3,7-9,11-12,14-16H,4-6,10,13H2. The van der Waals surface area contributed by atoms with Crippen LogP contribution in [0, 0.1) is 0 Å². The third-order valence-corrected chi connectivity index (χ3v) is 7.41. The molecule has 0 N–H and O–H groups in total. The van der Waals surface area contributed by atoms with E-state index in [0.717, 1.165) is 43.1 Å². The molecule has 1 aliphatic rings. The number of likely N-dealkylation sites (tertiary alicyclic amines) is 1. The van der Waals surface area contributed by atoms with Gasteiger partial charge in [0.15, 0.2) is 5.65 Å². The van der Waals surface area contributed by atoms with Crippen LogP contribution < -0.4 is 0 Å². The largest absolute Gasteiger partial charge is 0.343 e.